The first-order chi connectivity index (χ1) is 7.62. The summed E-state index contributed by atoms with van der Waals surface area (Å²) < 4.78 is 0. The van der Waals surface area contributed by atoms with Gasteiger partial charge >= 0.3 is 0 Å². The number of halogens is 2. The summed E-state index contributed by atoms with van der Waals surface area (Å²) in [6, 6.07) is 10.2. The zero-order valence-corrected chi connectivity index (χ0v) is 11.1. The van der Waals surface area contributed by atoms with Crippen LogP contribution in [0.2, 0.25) is 0 Å². The summed E-state index contributed by atoms with van der Waals surface area (Å²) >= 11 is 6.59. The molecule has 0 bridgehead atoms. The molecule has 0 saturated carbocycles. The Morgan fingerprint density at radius 2 is 1.94 bits per heavy atom. The molecule has 0 saturated heterocycles. The van der Waals surface area contributed by atoms with Crippen LogP contribution in [0.4, 0.5) is 0 Å². The Labute approximate surface area is 113 Å². The third kappa shape index (κ3) is 3.03. The average Bonchev–Trinajstić information content (AvgIpc) is 2.29. The van der Waals surface area contributed by atoms with E-state index in [-0.39, 0.29) is 18.3 Å². The smallest absolute Gasteiger partial charge is 0.203 e. The lowest BCUT2D eigenvalue weighted by Gasteiger charge is -2.29. The van der Waals surface area contributed by atoms with E-state index in [1.807, 2.05) is 41.9 Å². The quantitative estimate of drug-likeness (QED) is 0.507. The van der Waals surface area contributed by atoms with Gasteiger partial charge in [0.25, 0.3) is 0 Å². The average molecular weight is 271 g/mol. The van der Waals surface area contributed by atoms with Crippen molar-refractivity contribution in [3.8, 4) is 0 Å². The van der Waals surface area contributed by atoms with E-state index in [0.29, 0.717) is 0 Å². The molecule has 0 radical (unpaired) electrons. The number of hydrogen-bond donors (Lipinski definition) is 2. The monoisotopic (exact) mass is 270 g/mol. The zero-order valence-electron chi connectivity index (χ0n) is 9.61. The maximum absolute atomic E-state index is 6.59. The largest absolute Gasteiger partial charge is 1.00 e. The molecule has 2 nitrogen and oxygen atoms in total. The molecule has 0 spiro atoms. The van der Waals surface area contributed by atoms with Crippen molar-refractivity contribution in [1.29, 1.82) is 0 Å². The SMILES string of the molecule is CC(c1ccccc1)C1(Cl)C=C(N)C=C[NH2+]1.[Cl-]. The highest BCUT2D eigenvalue weighted by Crippen LogP contribution is 2.31. The second-order valence-electron chi connectivity index (χ2n) is 4.13. The maximum Gasteiger partial charge on any atom is 0.203 e. The highest BCUT2D eigenvalue weighted by Gasteiger charge is 2.37. The fourth-order valence-electron chi connectivity index (χ4n) is 1.92. The summed E-state index contributed by atoms with van der Waals surface area (Å²) in [6.07, 6.45) is 5.69. The van der Waals surface area contributed by atoms with E-state index in [9.17, 15) is 0 Å². The van der Waals surface area contributed by atoms with E-state index >= 15 is 0 Å². The fourth-order valence-corrected chi connectivity index (χ4v) is 2.25. The zero-order chi connectivity index (χ0) is 11.6. The van der Waals surface area contributed by atoms with Crippen molar-refractivity contribution in [1.82, 2.24) is 0 Å². The predicted octanol–water partition coefficient (Wildman–Crippen LogP) is -1.34. The molecule has 92 valence electrons. The van der Waals surface area contributed by atoms with Crippen molar-refractivity contribution in [3.05, 3.63) is 59.9 Å². The van der Waals surface area contributed by atoms with Gasteiger partial charge in [-0.15, -0.1) is 0 Å². The lowest BCUT2D eigenvalue weighted by molar-refractivity contribution is -0.637. The number of rotatable bonds is 2. The topological polar surface area (TPSA) is 42.6 Å². The first-order valence-electron chi connectivity index (χ1n) is 5.36. The van der Waals surface area contributed by atoms with Crippen molar-refractivity contribution in [2.75, 3.05) is 0 Å². The Kier molecular flexibility index (Phi) is 4.63. The van der Waals surface area contributed by atoms with E-state index in [0.717, 1.165) is 5.70 Å². The van der Waals surface area contributed by atoms with E-state index in [4.69, 9.17) is 17.3 Å². The molecule has 4 heteroatoms. The van der Waals surface area contributed by atoms with Crippen LogP contribution < -0.4 is 23.5 Å². The molecule has 0 aromatic heterocycles. The minimum Gasteiger partial charge on any atom is -1.00 e. The van der Waals surface area contributed by atoms with E-state index in [1.54, 1.807) is 0 Å². The molecule has 1 aliphatic rings. The molecular formula is C13H16Cl2N2. The van der Waals surface area contributed by atoms with Gasteiger partial charge in [0.15, 0.2) is 0 Å². The minimum absolute atomic E-state index is 0. The maximum atomic E-state index is 6.59. The van der Waals surface area contributed by atoms with Gasteiger partial charge in [-0.3, -0.25) is 5.32 Å². The second-order valence-corrected chi connectivity index (χ2v) is 4.78. The van der Waals surface area contributed by atoms with Crippen LogP contribution in [0.3, 0.4) is 0 Å². The van der Waals surface area contributed by atoms with Crippen LogP contribution in [0.5, 0.6) is 0 Å². The molecule has 0 fully saturated rings. The third-order valence-electron chi connectivity index (χ3n) is 2.99. The third-order valence-corrected chi connectivity index (χ3v) is 3.55. The fraction of sp³-hybridized carbons (Fsp3) is 0.231. The normalized spacial score (nSPS) is 24.7. The van der Waals surface area contributed by atoms with E-state index in [1.165, 1.54) is 5.56 Å². The summed E-state index contributed by atoms with van der Waals surface area (Å²) in [5, 5.41) is 1.99. The van der Waals surface area contributed by atoms with Crippen LogP contribution in [-0.4, -0.2) is 5.00 Å². The van der Waals surface area contributed by atoms with Crippen molar-refractivity contribution in [2.24, 2.45) is 5.73 Å². The number of nitrogens with two attached hydrogens (primary N) is 2. The molecule has 2 unspecified atom stereocenters. The van der Waals surface area contributed by atoms with Crippen LogP contribution in [0, 0.1) is 0 Å². The summed E-state index contributed by atoms with van der Waals surface area (Å²) in [4.78, 5) is -0.514. The molecule has 0 aliphatic carbocycles. The Hall–Kier alpha value is -0.960. The van der Waals surface area contributed by atoms with E-state index < -0.39 is 5.00 Å². The van der Waals surface area contributed by atoms with Gasteiger partial charge in [-0.2, -0.15) is 0 Å². The Morgan fingerprint density at radius 3 is 2.53 bits per heavy atom. The summed E-state index contributed by atoms with van der Waals surface area (Å²) in [5.41, 5.74) is 7.73. The Morgan fingerprint density at radius 1 is 1.29 bits per heavy atom. The van der Waals surface area contributed by atoms with Gasteiger partial charge in [0.2, 0.25) is 5.00 Å². The second kappa shape index (κ2) is 5.58. The highest BCUT2D eigenvalue weighted by molar-refractivity contribution is 6.24. The molecule has 1 heterocycles. The molecule has 2 atom stereocenters. The van der Waals surface area contributed by atoms with Crippen LogP contribution >= 0.6 is 11.6 Å². The first kappa shape index (κ1) is 14.1. The van der Waals surface area contributed by atoms with Gasteiger partial charge in [0.1, 0.15) is 0 Å². The van der Waals surface area contributed by atoms with Crippen molar-refractivity contribution in [2.45, 2.75) is 17.8 Å². The number of quaternary nitrogens is 1. The van der Waals surface area contributed by atoms with Gasteiger partial charge in [0, 0.05) is 17.8 Å². The van der Waals surface area contributed by atoms with Crippen LogP contribution in [0.1, 0.15) is 18.4 Å². The van der Waals surface area contributed by atoms with Gasteiger partial charge in [0.05, 0.1) is 12.1 Å². The molecule has 1 aromatic carbocycles. The standard InChI is InChI=1S/C13H15ClN2.ClH/c1-10(11-5-3-2-4-6-11)13(14)9-12(15)7-8-16-13;/h2-10,16H,15H2,1H3;1H. The lowest BCUT2D eigenvalue weighted by Crippen LogP contribution is -3.00. The summed E-state index contributed by atoms with van der Waals surface area (Å²) in [7, 11) is 0. The Bertz CT molecular complexity index is 428. The predicted molar refractivity (Wildman–Crippen MR) is 66.8 cm³/mol. The first-order valence-corrected chi connectivity index (χ1v) is 5.74. The molecule has 2 rings (SSSR count). The van der Waals surface area contributed by atoms with Crippen LogP contribution in [-0.2, 0) is 0 Å². The molecule has 1 aliphatic heterocycles. The van der Waals surface area contributed by atoms with Crippen LogP contribution in [0.15, 0.2) is 54.4 Å². The number of hydrogen-bond acceptors (Lipinski definition) is 1. The Balaban J connectivity index is 0.00000144. The van der Waals surface area contributed by atoms with Gasteiger partial charge in [-0.1, -0.05) is 37.3 Å². The number of allylic oxidation sites excluding steroid dienone is 1. The summed E-state index contributed by atoms with van der Waals surface area (Å²) in [6.45, 7) is 2.11. The van der Waals surface area contributed by atoms with Crippen molar-refractivity contribution >= 4 is 11.6 Å². The number of benzene rings is 1. The molecule has 1 aromatic rings. The number of alkyl halides is 1. The van der Waals surface area contributed by atoms with E-state index in [2.05, 4.69) is 19.1 Å². The molecule has 0 amide bonds. The molecule has 4 N–H and O–H groups in total. The minimum atomic E-state index is -0.514. The summed E-state index contributed by atoms with van der Waals surface area (Å²) in [5.74, 6) is 0.193. The van der Waals surface area contributed by atoms with Gasteiger partial charge in [-0.05, 0) is 17.2 Å². The van der Waals surface area contributed by atoms with Gasteiger partial charge < -0.3 is 18.1 Å². The van der Waals surface area contributed by atoms with Crippen LogP contribution in [0.25, 0.3) is 0 Å². The highest BCUT2D eigenvalue weighted by atomic mass is 35.5. The lowest BCUT2D eigenvalue weighted by atomic mass is 9.91. The molecule has 17 heavy (non-hydrogen) atoms. The molecular weight excluding hydrogens is 255 g/mol. The van der Waals surface area contributed by atoms with Gasteiger partial charge in [-0.25, -0.2) is 0 Å². The van der Waals surface area contributed by atoms with Crippen molar-refractivity contribution < 1.29 is 17.7 Å². The van der Waals surface area contributed by atoms with Crippen molar-refractivity contribution in [3.63, 3.8) is 0 Å².